The topological polar surface area (TPSA) is 65.7 Å². The highest BCUT2D eigenvalue weighted by atomic mass is 16.5. The Morgan fingerprint density at radius 1 is 1.30 bits per heavy atom. The molecule has 106 valence electrons. The zero-order valence-corrected chi connectivity index (χ0v) is 11.5. The standard InChI is InChI=1S/C15H16O5/c1-3-19-14(16)7-4-10-8-11-9-12(18-2)5-6-13(11)20-15(10)17/h5-6,8-9H,3-4,7H2,1-2H3. The molecule has 0 spiro atoms. The molecule has 2 aromatic rings. The highest BCUT2D eigenvalue weighted by Gasteiger charge is 2.09. The fourth-order valence-electron chi connectivity index (χ4n) is 1.92. The van der Waals surface area contributed by atoms with E-state index in [0.29, 0.717) is 29.9 Å². The second-order valence-corrected chi connectivity index (χ2v) is 4.27. The van der Waals surface area contributed by atoms with Gasteiger partial charge in [-0.05, 0) is 37.6 Å². The molecule has 0 fully saturated rings. The van der Waals surface area contributed by atoms with Gasteiger partial charge in [-0.2, -0.15) is 0 Å². The van der Waals surface area contributed by atoms with Crippen LogP contribution in [0.5, 0.6) is 5.75 Å². The van der Waals surface area contributed by atoms with Crippen molar-refractivity contribution in [1.82, 2.24) is 0 Å². The van der Waals surface area contributed by atoms with Crippen molar-refractivity contribution in [2.24, 2.45) is 0 Å². The summed E-state index contributed by atoms with van der Waals surface area (Å²) in [5.41, 5.74) is 0.529. The fraction of sp³-hybridized carbons (Fsp3) is 0.333. The molecule has 2 rings (SSSR count). The second-order valence-electron chi connectivity index (χ2n) is 4.27. The number of carbonyl (C=O) groups is 1. The van der Waals surface area contributed by atoms with Gasteiger partial charge in [0.1, 0.15) is 11.3 Å². The van der Waals surface area contributed by atoms with Gasteiger partial charge in [-0.3, -0.25) is 4.79 Å². The van der Waals surface area contributed by atoms with E-state index < -0.39 is 5.63 Å². The predicted octanol–water partition coefficient (Wildman–Crippen LogP) is 2.30. The van der Waals surface area contributed by atoms with E-state index >= 15 is 0 Å². The summed E-state index contributed by atoms with van der Waals surface area (Å²) in [6.07, 6.45) is 0.461. The minimum Gasteiger partial charge on any atom is -0.497 e. The van der Waals surface area contributed by atoms with Crippen LogP contribution >= 0.6 is 0 Å². The molecule has 0 amide bonds. The third-order valence-electron chi connectivity index (χ3n) is 2.92. The quantitative estimate of drug-likeness (QED) is 0.619. The third-order valence-corrected chi connectivity index (χ3v) is 2.92. The number of aryl methyl sites for hydroxylation is 1. The minimum atomic E-state index is -0.424. The Morgan fingerprint density at radius 2 is 2.10 bits per heavy atom. The Labute approximate surface area is 116 Å². The van der Waals surface area contributed by atoms with Gasteiger partial charge in [0.2, 0.25) is 0 Å². The van der Waals surface area contributed by atoms with E-state index in [-0.39, 0.29) is 12.4 Å². The highest BCUT2D eigenvalue weighted by Crippen LogP contribution is 2.20. The molecule has 0 atom stereocenters. The molecule has 1 heterocycles. The van der Waals surface area contributed by atoms with Crippen LogP contribution in [0.4, 0.5) is 0 Å². The number of carbonyl (C=O) groups excluding carboxylic acids is 1. The van der Waals surface area contributed by atoms with Gasteiger partial charge in [-0.1, -0.05) is 0 Å². The maximum Gasteiger partial charge on any atom is 0.339 e. The summed E-state index contributed by atoms with van der Waals surface area (Å²) in [5, 5.41) is 0.766. The van der Waals surface area contributed by atoms with E-state index in [9.17, 15) is 9.59 Å². The van der Waals surface area contributed by atoms with Crippen molar-refractivity contribution in [1.29, 1.82) is 0 Å². The lowest BCUT2D eigenvalue weighted by Gasteiger charge is -2.04. The molecule has 0 aliphatic rings. The fourth-order valence-corrected chi connectivity index (χ4v) is 1.92. The molecule has 0 saturated heterocycles. The maximum atomic E-state index is 11.8. The van der Waals surface area contributed by atoms with Crippen molar-refractivity contribution in [3.8, 4) is 5.75 Å². The van der Waals surface area contributed by atoms with Gasteiger partial charge in [-0.25, -0.2) is 4.79 Å². The molecule has 0 saturated carbocycles. The molecule has 0 bridgehead atoms. The summed E-state index contributed by atoms with van der Waals surface area (Å²) in [7, 11) is 1.57. The van der Waals surface area contributed by atoms with Crippen LogP contribution < -0.4 is 10.4 Å². The van der Waals surface area contributed by atoms with Crippen LogP contribution in [-0.2, 0) is 16.0 Å². The van der Waals surface area contributed by atoms with Gasteiger partial charge in [0.05, 0.1) is 13.7 Å². The average molecular weight is 276 g/mol. The number of rotatable bonds is 5. The lowest BCUT2D eigenvalue weighted by molar-refractivity contribution is -0.143. The Hall–Kier alpha value is -2.30. The molecule has 20 heavy (non-hydrogen) atoms. The van der Waals surface area contributed by atoms with Crippen LogP contribution in [-0.4, -0.2) is 19.7 Å². The van der Waals surface area contributed by atoms with Gasteiger partial charge in [-0.15, -0.1) is 0 Å². The van der Waals surface area contributed by atoms with Crippen LogP contribution in [0.3, 0.4) is 0 Å². The number of methoxy groups -OCH3 is 1. The summed E-state index contributed by atoms with van der Waals surface area (Å²) in [6, 6.07) is 6.92. The molecule has 0 N–H and O–H groups in total. The molecular weight excluding hydrogens is 260 g/mol. The van der Waals surface area contributed by atoms with Crippen LogP contribution in [0.2, 0.25) is 0 Å². The SMILES string of the molecule is CCOC(=O)CCc1cc2cc(OC)ccc2oc1=O. The molecule has 0 aliphatic carbocycles. The van der Waals surface area contributed by atoms with Crippen molar-refractivity contribution in [2.75, 3.05) is 13.7 Å². The lowest BCUT2D eigenvalue weighted by atomic mass is 10.1. The number of esters is 1. The Bertz CT molecular complexity index is 672. The maximum absolute atomic E-state index is 11.8. The van der Waals surface area contributed by atoms with E-state index in [1.54, 1.807) is 38.3 Å². The van der Waals surface area contributed by atoms with E-state index in [1.807, 2.05) is 0 Å². The van der Waals surface area contributed by atoms with Crippen LogP contribution in [0.25, 0.3) is 11.0 Å². The molecule has 5 nitrogen and oxygen atoms in total. The van der Waals surface area contributed by atoms with E-state index in [2.05, 4.69) is 0 Å². The number of fused-ring (bicyclic) bond motifs is 1. The first-order valence-corrected chi connectivity index (χ1v) is 6.40. The molecule has 0 unspecified atom stereocenters. The van der Waals surface area contributed by atoms with Crippen molar-refractivity contribution in [2.45, 2.75) is 19.8 Å². The second kappa shape index (κ2) is 6.23. The number of ether oxygens (including phenoxy) is 2. The summed E-state index contributed by atoms with van der Waals surface area (Å²) in [5.74, 6) is 0.361. The van der Waals surface area contributed by atoms with Crippen LogP contribution in [0, 0.1) is 0 Å². The van der Waals surface area contributed by atoms with E-state index in [1.165, 1.54) is 0 Å². The van der Waals surface area contributed by atoms with Gasteiger partial charge in [0, 0.05) is 17.4 Å². The first-order chi connectivity index (χ1) is 9.63. The Morgan fingerprint density at radius 3 is 2.80 bits per heavy atom. The van der Waals surface area contributed by atoms with Gasteiger partial charge in [0.25, 0.3) is 0 Å². The number of hydrogen-bond donors (Lipinski definition) is 0. The van der Waals surface area contributed by atoms with Gasteiger partial charge >= 0.3 is 11.6 Å². The lowest BCUT2D eigenvalue weighted by Crippen LogP contribution is -2.11. The monoisotopic (exact) mass is 276 g/mol. The van der Waals surface area contributed by atoms with Gasteiger partial charge < -0.3 is 13.9 Å². The van der Waals surface area contributed by atoms with Crippen LogP contribution in [0.15, 0.2) is 33.5 Å². The van der Waals surface area contributed by atoms with Crippen molar-refractivity contribution < 1.29 is 18.7 Å². The highest BCUT2D eigenvalue weighted by molar-refractivity contribution is 5.79. The van der Waals surface area contributed by atoms with E-state index in [0.717, 1.165) is 5.39 Å². The molecule has 1 aromatic heterocycles. The average Bonchev–Trinajstić information content (AvgIpc) is 2.45. The minimum absolute atomic E-state index is 0.161. The van der Waals surface area contributed by atoms with Gasteiger partial charge in [0.15, 0.2) is 0 Å². The molecular formula is C15H16O5. The molecule has 0 aliphatic heterocycles. The zero-order valence-electron chi connectivity index (χ0n) is 11.5. The normalized spacial score (nSPS) is 10.5. The van der Waals surface area contributed by atoms with Crippen molar-refractivity contribution in [3.05, 3.63) is 40.2 Å². The van der Waals surface area contributed by atoms with Crippen molar-refractivity contribution >= 4 is 16.9 Å². The number of hydrogen-bond acceptors (Lipinski definition) is 5. The molecule has 1 aromatic carbocycles. The zero-order chi connectivity index (χ0) is 14.5. The van der Waals surface area contributed by atoms with E-state index in [4.69, 9.17) is 13.9 Å². The Kier molecular flexibility index (Phi) is 4.40. The van der Waals surface area contributed by atoms with Crippen molar-refractivity contribution in [3.63, 3.8) is 0 Å². The third kappa shape index (κ3) is 3.17. The Balaban J connectivity index is 2.26. The summed E-state index contributed by atoms with van der Waals surface area (Å²) >= 11 is 0. The predicted molar refractivity (Wildman–Crippen MR) is 74.0 cm³/mol. The van der Waals surface area contributed by atoms with Crippen LogP contribution in [0.1, 0.15) is 18.9 Å². The summed E-state index contributed by atoms with van der Waals surface area (Å²) in [6.45, 7) is 2.08. The number of benzene rings is 1. The largest absolute Gasteiger partial charge is 0.497 e. The molecule has 5 heteroatoms. The summed E-state index contributed by atoms with van der Waals surface area (Å²) < 4.78 is 15.2. The smallest absolute Gasteiger partial charge is 0.339 e. The first-order valence-electron chi connectivity index (χ1n) is 6.40. The molecule has 0 radical (unpaired) electrons. The first kappa shape index (κ1) is 14.1. The summed E-state index contributed by atoms with van der Waals surface area (Å²) in [4.78, 5) is 23.1.